The van der Waals surface area contributed by atoms with Crippen LogP contribution >= 0.6 is 0 Å². The molecule has 120 valence electrons. The van der Waals surface area contributed by atoms with Crippen molar-refractivity contribution >= 4 is 22.5 Å². The van der Waals surface area contributed by atoms with Crippen LogP contribution in [0.3, 0.4) is 0 Å². The molecule has 1 aliphatic heterocycles. The number of aryl methyl sites for hydroxylation is 1. The summed E-state index contributed by atoms with van der Waals surface area (Å²) in [7, 11) is 0. The number of fused-ring (bicyclic) bond motifs is 2. The van der Waals surface area contributed by atoms with E-state index < -0.39 is 0 Å². The number of aromatic nitrogens is 1. The highest BCUT2D eigenvalue weighted by molar-refractivity contribution is 5.96. The quantitative estimate of drug-likeness (QED) is 0.741. The normalized spacial score (nSPS) is 13.6. The molecule has 0 N–H and O–H groups in total. The van der Waals surface area contributed by atoms with Gasteiger partial charge >= 0.3 is 0 Å². The Balaban J connectivity index is 1.53. The molecule has 1 amide bonds. The third-order valence-corrected chi connectivity index (χ3v) is 4.37. The Morgan fingerprint density at radius 3 is 2.96 bits per heavy atom. The first kappa shape index (κ1) is 14.7. The molecule has 2 heterocycles. The lowest BCUT2D eigenvalue weighted by Crippen LogP contribution is -2.38. The van der Waals surface area contributed by atoms with Gasteiger partial charge in [-0.05, 0) is 48.7 Å². The number of rotatable bonds is 3. The molecule has 1 aliphatic rings. The van der Waals surface area contributed by atoms with Crippen molar-refractivity contribution in [2.45, 2.75) is 12.8 Å². The number of hydrogen-bond donors (Lipinski definition) is 0. The minimum atomic E-state index is -0.0111. The van der Waals surface area contributed by atoms with E-state index in [9.17, 15) is 4.79 Å². The average Bonchev–Trinajstić information content (AvgIpc) is 2.65. The Bertz CT molecular complexity index is 886. The number of pyridine rings is 1. The van der Waals surface area contributed by atoms with Crippen molar-refractivity contribution in [1.82, 2.24) is 4.98 Å². The molecule has 0 spiro atoms. The van der Waals surface area contributed by atoms with Gasteiger partial charge < -0.3 is 9.64 Å². The van der Waals surface area contributed by atoms with Gasteiger partial charge in [0, 0.05) is 23.8 Å². The van der Waals surface area contributed by atoms with Gasteiger partial charge in [0.25, 0.3) is 5.91 Å². The van der Waals surface area contributed by atoms with Crippen LogP contribution in [0.25, 0.3) is 10.9 Å². The van der Waals surface area contributed by atoms with Gasteiger partial charge in [0.15, 0.2) is 6.61 Å². The number of anilines is 1. The number of amides is 1. The van der Waals surface area contributed by atoms with Gasteiger partial charge in [0.2, 0.25) is 0 Å². The van der Waals surface area contributed by atoms with Gasteiger partial charge in [0.05, 0.1) is 5.52 Å². The lowest BCUT2D eigenvalue weighted by Gasteiger charge is -2.29. The zero-order valence-corrected chi connectivity index (χ0v) is 13.3. The molecule has 0 saturated carbocycles. The first-order valence-corrected chi connectivity index (χ1v) is 8.18. The van der Waals surface area contributed by atoms with E-state index in [0.717, 1.165) is 36.0 Å². The van der Waals surface area contributed by atoms with E-state index in [4.69, 9.17) is 4.74 Å². The molecule has 4 nitrogen and oxygen atoms in total. The molecular formula is C20H18N2O2. The van der Waals surface area contributed by atoms with Crippen LogP contribution in [0.1, 0.15) is 12.0 Å². The van der Waals surface area contributed by atoms with Crippen molar-refractivity contribution in [3.8, 4) is 5.75 Å². The summed E-state index contributed by atoms with van der Waals surface area (Å²) in [5.41, 5.74) is 3.11. The Morgan fingerprint density at radius 2 is 2.00 bits per heavy atom. The van der Waals surface area contributed by atoms with E-state index in [1.807, 2.05) is 53.4 Å². The Labute approximate surface area is 140 Å². The molecule has 2 aromatic carbocycles. The number of para-hydroxylation sites is 1. The largest absolute Gasteiger partial charge is 0.483 e. The summed E-state index contributed by atoms with van der Waals surface area (Å²) in [6, 6.07) is 17.6. The predicted octanol–water partition coefficient (Wildman–Crippen LogP) is 3.59. The standard InChI is InChI=1S/C20H18N2O2/c23-20(22-13-5-7-15-6-1-2-10-18(15)22)14-24-19-11-3-9-17-16(19)8-4-12-21-17/h1-4,6,8-12H,5,7,13-14H2. The van der Waals surface area contributed by atoms with Crippen LogP contribution in [0, 0.1) is 0 Å². The minimum absolute atomic E-state index is 0.0111. The van der Waals surface area contributed by atoms with Crippen LogP contribution in [0.5, 0.6) is 5.75 Å². The summed E-state index contributed by atoms with van der Waals surface area (Å²) in [4.78, 5) is 18.8. The smallest absolute Gasteiger partial charge is 0.264 e. The maximum Gasteiger partial charge on any atom is 0.264 e. The fourth-order valence-electron chi connectivity index (χ4n) is 3.21. The summed E-state index contributed by atoms with van der Waals surface area (Å²) in [5, 5.41) is 0.923. The van der Waals surface area contributed by atoms with E-state index in [-0.39, 0.29) is 12.5 Å². The van der Waals surface area contributed by atoms with E-state index in [1.165, 1.54) is 5.56 Å². The third kappa shape index (κ3) is 2.71. The van der Waals surface area contributed by atoms with Crippen LogP contribution < -0.4 is 9.64 Å². The van der Waals surface area contributed by atoms with E-state index in [0.29, 0.717) is 5.75 Å². The average molecular weight is 318 g/mol. The van der Waals surface area contributed by atoms with Crippen LogP contribution in [0.2, 0.25) is 0 Å². The molecule has 0 saturated heterocycles. The lowest BCUT2D eigenvalue weighted by atomic mass is 10.0. The molecule has 0 unspecified atom stereocenters. The summed E-state index contributed by atoms with van der Waals surface area (Å²) in [6.07, 6.45) is 3.76. The molecule has 0 aliphatic carbocycles. The molecule has 3 aromatic rings. The molecule has 4 heteroatoms. The topological polar surface area (TPSA) is 42.4 Å². The lowest BCUT2D eigenvalue weighted by molar-refractivity contribution is -0.120. The maximum atomic E-state index is 12.7. The highest BCUT2D eigenvalue weighted by atomic mass is 16.5. The maximum absolute atomic E-state index is 12.7. The van der Waals surface area contributed by atoms with Crippen LogP contribution in [-0.4, -0.2) is 24.0 Å². The molecule has 4 rings (SSSR count). The van der Waals surface area contributed by atoms with Gasteiger partial charge in [-0.1, -0.05) is 24.3 Å². The number of nitrogens with zero attached hydrogens (tertiary/aromatic N) is 2. The molecule has 24 heavy (non-hydrogen) atoms. The Kier molecular flexibility index (Phi) is 3.87. The molecule has 0 bridgehead atoms. The second-order valence-corrected chi connectivity index (χ2v) is 5.89. The molecule has 0 atom stereocenters. The second-order valence-electron chi connectivity index (χ2n) is 5.89. The van der Waals surface area contributed by atoms with E-state index in [2.05, 4.69) is 11.1 Å². The van der Waals surface area contributed by atoms with E-state index in [1.54, 1.807) is 6.20 Å². The number of carbonyl (C=O) groups is 1. The third-order valence-electron chi connectivity index (χ3n) is 4.37. The van der Waals surface area contributed by atoms with Crippen molar-refractivity contribution in [3.63, 3.8) is 0 Å². The van der Waals surface area contributed by atoms with Crippen LogP contribution in [0.4, 0.5) is 5.69 Å². The zero-order valence-electron chi connectivity index (χ0n) is 13.3. The van der Waals surface area contributed by atoms with Crippen LogP contribution in [0.15, 0.2) is 60.8 Å². The summed E-state index contributed by atoms with van der Waals surface area (Å²) in [5.74, 6) is 0.683. The number of hydrogen-bond acceptors (Lipinski definition) is 3. The summed E-state index contributed by atoms with van der Waals surface area (Å²) < 4.78 is 5.82. The van der Waals surface area contributed by atoms with Gasteiger partial charge in [-0.25, -0.2) is 0 Å². The second kappa shape index (κ2) is 6.32. The molecule has 0 radical (unpaired) electrons. The molecule has 1 aromatic heterocycles. The zero-order chi connectivity index (χ0) is 16.4. The summed E-state index contributed by atoms with van der Waals surface area (Å²) in [6.45, 7) is 0.776. The highest BCUT2D eigenvalue weighted by Gasteiger charge is 2.22. The van der Waals surface area contributed by atoms with Gasteiger partial charge in [-0.15, -0.1) is 0 Å². The summed E-state index contributed by atoms with van der Waals surface area (Å²) >= 11 is 0. The fourth-order valence-corrected chi connectivity index (χ4v) is 3.21. The van der Waals surface area contributed by atoms with Crippen molar-refractivity contribution in [1.29, 1.82) is 0 Å². The number of ether oxygens (including phenoxy) is 1. The fraction of sp³-hybridized carbons (Fsp3) is 0.200. The first-order chi connectivity index (χ1) is 11.8. The van der Waals surface area contributed by atoms with Gasteiger partial charge in [0.1, 0.15) is 5.75 Å². The Morgan fingerprint density at radius 1 is 1.08 bits per heavy atom. The minimum Gasteiger partial charge on any atom is -0.483 e. The highest BCUT2D eigenvalue weighted by Crippen LogP contribution is 2.27. The molecular weight excluding hydrogens is 300 g/mol. The van der Waals surface area contributed by atoms with Crippen molar-refractivity contribution in [2.75, 3.05) is 18.1 Å². The van der Waals surface area contributed by atoms with Crippen molar-refractivity contribution < 1.29 is 9.53 Å². The predicted molar refractivity (Wildman–Crippen MR) is 94.4 cm³/mol. The number of benzene rings is 2. The van der Waals surface area contributed by atoms with E-state index >= 15 is 0 Å². The van der Waals surface area contributed by atoms with Gasteiger partial charge in [-0.3, -0.25) is 9.78 Å². The SMILES string of the molecule is O=C(COc1cccc2ncccc12)N1CCCc2ccccc21. The van der Waals surface area contributed by atoms with Crippen molar-refractivity contribution in [2.24, 2.45) is 0 Å². The number of carbonyl (C=O) groups excluding carboxylic acids is 1. The van der Waals surface area contributed by atoms with Crippen LogP contribution in [-0.2, 0) is 11.2 Å². The monoisotopic (exact) mass is 318 g/mol. The Hall–Kier alpha value is -2.88. The molecule has 0 fully saturated rings. The van der Waals surface area contributed by atoms with Crippen molar-refractivity contribution in [3.05, 3.63) is 66.4 Å². The first-order valence-electron chi connectivity index (χ1n) is 8.18. The van der Waals surface area contributed by atoms with Gasteiger partial charge in [-0.2, -0.15) is 0 Å².